The molecule has 2 saturated heterocycles. The average molecular weight is 564 g/mol. The largest absolute Gasteiger partial charge is 0.416 e. The molecule has 2 aromatic carbocycles. The van der Waals surface area contributed by atoms with E-state index in [1.807, 2.05) is 30.3 Å². The van der Waals surface area contributed by atoms with Crippen molar-refractivity contribution in [1.82, 2.24) is 19.8 Å². The van der Waals surface area contributed by atoms with Crippen LogP contribution in [0.1, 0.15) is 39.4 Å². The molecule has 3 aromatic rings. The van der Waals surface area contributed by atoms with Crippen molar-refractivity contribution in [3.63, 3.8) is 0 Å². The second kappa shape index (κ2) is 11.1. The Balaban J connectivity index is 1.37. The van der Waals surface area contributed by atoms with Gasteiger partial charge in [-0.05, 0) is 30.2 Å². The number of carbonyl (C=O) groups excluding carboxylic acids is 1. The first-order valence-corrected chi connectivity index (χ1v) is 12.9. The fourth-order valence-electron chi connectivity index (χ4n) is 5.59. The third-order valence-corrected chi connectivity index (χ3v) is 7.58. The van der Waals surface area contributed by atoms with E-state index in [0.717, 1.165) is 37.6 Å². The molecule has 2 aliphatic rings. The molecule has 2 fully saturated rings. The van der Waals surface area contributed by atoms with Gasteiger partial charge in [0.15, 0.2) is 0 Å². The molecule has 0 N–H and O–H groups in total. The number of nitrogens with zero attached hydrogens (tertiary/aromatic N) is 5. The van der Waals surface area contributed by atoms with Gasteiger partial charge in [0.1, 0.15) is 5.82 Å². The summed E-state index contributed by atoms with van der Waals surface area (Å²) in [6.45, 7) is 3.32. The molecule has 0 saturated carbocycles. The van der Waals surface area contributed by atoms with Gasteiger partial charge < -0.3 is 9.80 Å². The number of likely N-dealkylation sites (tertiary alicyclic amines) is 1. The molecule has 2 aliphatic heterocycles. The normalized spacial score (nSPS) is 20.9. The summed E-state index contributed by atoms with van der Waals surface area (Å²) >= 11 is 0. The van der Waals surface area contributed by atoms with E-state index in [-0.39, 0.29) is 31.1 Å². The van der Waals surface area contributed by atoms with Gasteiger partial charge in [-0.1, -0.05) is 30.3 Å². The van der Waals surface area contributed by atoms with E-state index in [1.165, 1.54) is 4.90 Å². The fourth-order valence-corrected chi connectivity index (χ4v) is 5.59. The molecule has 0 spiro atoms. The van der Waals surface area contributed by atoms with Gasteiger partial charge in [-0.2, -0.15) is 26.3 Å². The summed E-state index contributed by atoms with van der Waals surface area (Å²) in [7, 11) is 0. The number of aromatic nitrogens is 2. The SMILES string of the molecule is O=C(c1cc(C(F)(F)F)cc(C(F)(F)F)c1)N1CC[C@@H](N2CCN(c3cnccn3)CC2)[C@@H](c2ccccc2)C1. The van der Waals surface area contributed by atoms with Crippen molar-refractivity contribution in [3.8, 4) is 0 Å². The number of amides is 1. The fraction of sp³-hybridized carbons (Fsp3) is 0.393. The summed E-state index contributed by atoms with van der Waals surface area (Å²) in [6, 6.07) is 10.6. The molecular weight excluding hydrogens is 536 g/mol. The molecule has 0 bridgehead atoms. The molecule has 40 heavy (non-hydrogen) atoms. The zero-order valence-corrected chi connectivity index (χ0v) is 21.4. The number of alkyl halides is 6. The summed E-state index contributed by atoms with van der Waals surface area (Å²) < 4.78 is 80.5. The van der Waals surface area contributed by atoms with Crippen LogP contribution in [0.2, 0.25) is 0 Å². The van der Waals surface area contributed by atoms with Crippen LogP contribution in [0.5, 0.6) is 0 Å². The number of carbonyl (C=O) groups is 1. The van der Waals surface area contributed by atoms with Crippen LogP contribution < -0.4 is 4.90 Å². The molecule has 1 amide bonds. The summed E-state index contributed by atoms with van der Waals surface area (Å²) in [6.07, 6.45) is -4.55. The lowest BCUT2D eigenvalue weighted by Gasteiger charge is -2.47. The second-order valence-corrected chi connectivity index (χ2v) is 10.0. The zero-order chi connectivity index (χ0) is 28.5. The minimum atomic E-state index is -5.02. The van der Waals surface area contributed by atoms with Gasteiger partial charge in [0, 0.05) is 69.2 Å². The molecule has 2 atom stereocenters. The third-order valence-electron chi connectivity index (χ3n) is 7.58. The number of benzene rings is 2. The van der Waals surface area contributed by atoms with Crippen molar-refractivity contribution < 1.29 is 31.1 Å². The Kier molecular flexibility index (Phi) is 7.72. The molecule has 12 heteroatoms. The molecular formula is C28H27F6N5O. The van der Waals surface area contributed by atoms with Crippen molar-refractivity contribution in [2.24, 2.45) is 0 Å². The van der Waals surface area contributed by atoms with Crippen LogP contribution in [-0.4, -0.2) is 71.0 Å². The van der Waals surface area contributed by atoms with E-state index in [2.05, 4.69) is 19.8 Å². The number of hydrogen-bond acceptors (Lipinski definition) is 5. The quantitative estimate of drug-likeness (QED) is 0.402. The molecule has 0 radical (unpaired) electrons. The van der Waals surface area contributed by atoms with E-state index in [0.29, 0.717) is 18.6 Å². The van der Waals surface area contributed by atoms with Crippen molar-refractivity contribution >= 4 is 11.7 Å². The topological polar surface area (TPSA) is 52.6 Å². The molecule has 0 aliphatic carbocycles. The highest BCUT2D eigenvalue weighted by molar-refractivity contribution is 5.95. The van der Waals surface area contributed by atoms with Crippen molar-refractivity contribution in [3.05, 3.63) is 89.4 Å². The Morgan fingerprint density at radius 1 is 0.825 bits per heavy atom. The van der Waals surface area contributed by atoms with Gasteiger partial charge in [-0.15, -0.1) is 0 Å². The molecule has 212 valence electrons. The first kappa shape index (κ1) is 27.9. The lowest BCUT2D eigenvalue weighted by molar-refractivity contribution is -0.143. The molecule has 6 nitrogen and oxygen atoms in total. The van der Waals surface area contributed by atoms with Crippen LogP contribution in [0.15, 0.2) is 67.1 Å². The summed E-state index contributed by atoms with van der Waals surface area (Å²) in [4.78, 5) is 27.7. The minimum absolute atomic E-state index is 0.0382. The van der Waals surface area contributed by atoms with Gasteiger partial charge in [0.05, 0.1) is 17.3 Å². The highest BCUT2D eigenvalue weighted by Gasteiger charge is 2.40. The Labute approximate surface area is 227 Å². The smallest absolute Gasteiger partial charge is 0.353 e. The summed E-state index contributed by atoms with van der Waals surface area (Å²) in [5.74, 6) is -0.222. The number of piperazine rings is 1. The van der Waals surface area contributed by atoms with Crippen LogP contribution in [0.3, 0.4) is 0 Å². The number of halogens is 6. The predicted molar refractivity (Wildman–Crippen MR) is 136 cm³/mol. The summed E-state index contributed by atoms with van der Waals surface area (Å²) in [5.41, 5.74) is -2.66. The van der Waals surface area contributed by atoms with Gasteiger partial charge >= 0.3 is 12.4 Å². The number of rotatable bonds is 4. The van der Waals surface area contributed by atoms with Gasteiger partial charge in [-0.25, -0.2) is 4.98 Å². The predicted octanol–water partition coefficient (Wildman–Crippen LogP) is 5.33. The molecule has 0 unspecified atom stereocenters. The Hall–Kier alpha value is -3.67. The van der Waals surface area contributed by atoms with E-state index in [4.69, 9.17) is 0 Å². The molecule has 3 heterocycles. The summed E-state index contributed by atoms with van der Waals surface area (Å²) in [5, 5.41) is 0. The Bertz CT molecular complexity index is 1280. The van der Waals surface area contributed by atoms with E-state index in [9.17, 15) is 31.1 Å². The standard InChI is InChI=1S/C28H27F6N5O/c29-27(30,31)21-14-20(15-22(16-21)28(32,33)34)26(40)39-9-6-24(23(18-39)19-4-2-1-3-5-19)37-10-12-38(13-11-37)25-17-35-7-8-36-25/h1-5,7-8,14-17,23-24H,6,9-13,18H2/t23-,24-/m1/s1. The number of piperidine rings is 1. The average Bonchev–Trinajstić information content (AvgIpc) is 2.96. The highest BCUT2D eigenvalue weighted by atomic mass is 19.4. The van der Waals surface area contributed by atoms with Gasteiger partial charge in [-0.3, -0.25) is 14.7 Å². The van der Waals surface area contributed by atoms with Crippen LogP contribution in [0.4, 0.5) is 32.2 Å². The lowest BCUT2D eigenvalue weighted by Crippen LogP contribution is -2.56. The maximum atomic E-state index is 13.4. The zero-order valence-electron chi connectivity index (χ0n) is 21.4. The van der Waals surface area contributed by atoms with E-state index < -0.39 is 35.0 Å². The minimum Gasteiger partial charge on any atom is -0.353 e. The third kappa shape index (κ3) is 6.06. The van der Waals surface area contributed by atoms with Crippen molar-refractivity contribution in [2.45, 2.75) is 30.7 Å². The van der Waals surface area contributed by atoms with Crippen LogP contribution >= 0.6 is 0 Å². The Morgan fingerprint density at radius 2 is 1.48 bits per heavy atom. The van der Waals surface area contributed by atoms with Gasteiger partial charge in [0.2, 0.25) is 0 Å². The Morgan fingerprint density at radius 3 is 2.05 bits per heavy atom. The van der Waals surface area contributed by atoms with Crippen molar-refractivity contribution in [1.29, 1.82) is 0 Å². The maximum Gasteiger partial charge on any atom is 0.416 e. The lowest BCUT2D eigenvalue weighted by atomic mass is 9.84. The van der Waals surface area contributed by atoms with E-state index in [1.54, 1.807) is 18.6 Å². The van der Waals surface area contributed by atoms with Crippen LogP contribution in [0, 0.1) is 0 Å². The monoisotopic (exact) mass is 563 g/mol. The molecule has 5 rings (SSSR count). The van der Waals surface area contributed by atoms with E-state index >= 15 is 0 Å². The first-order chi connectivity index (χ1) is 19.0. The van der Waals surface area contributed by atoms with Gasteiger partial charge in [0.25, 0.3) is 5.91 Å². The first-order valence-electron chi connectivity index (χ1n) is 12.9. The van der Waals surface area contributed by atoms with Crippen LogP contribution in [-0.2, 0) is 12.4 Å². The second-order valence-electron chi connectivity index (χ2n) is 10.0. The van der Waals surface area contributed by atoms with Crippen LogP contribution in [0.25, 0.3) is 0 Å². The number of hydrogen-bond donors (Lipinski definition) is 0. The number of anilines is 1. The molecule has 1 aromatic heterocycles. The highest BCUT2D eigenvalue weighted by Crippen LogP contribution is 2.38. The maximum absolute atomic E-state index is 13.4. The van der Waals surface area contributed by atoms with Crippen molar-refractivity contribution in [2.75, 3.05) is 44.2 Å².